The van der Waals surface area contributed by atoms with Crippen molar-refractivity contribution in [2.45, 2.75) is 13.8 Å². The molecule has 0 atom stereocenters. The highest BCUT2D eigenvalue weighted by Crippen LogP contribution is 2.41. The molecule has 1 aliphatic heterocycles. The summed E-state index contributed by atoms with van der Waals surface area (Å²) in [6.45, 7) is 3.69. The first-order chi connectivity index (χ1) is 12.8. The average Bonchev–Trinajstić information content (AvgIpc) is 2.63. The van der Waals surface area contributed by atoms with E-state index < -0.39 is 16.7 Å². The Bertz CT molecular complexity index is 1190. The Morgan fingerprint density at radius 2 is 1.70 bits per heavy atom. The maximum atomic E-state index is 13.2. The van der Waals surface area contributed by atoms with E-state index in [1.54, 1.807) is 24.3 Å². The Kier molecular flexibility index (Phi) is 3.85. The van der Waals surface area contributed by atoms with Gasteiger partial charge in [-0.15, -0.1) is 0 Å². The number of hydrogen-bond donors (Lipinski definition) is 0. The molecule has 3 aromatic rings. The van der Waals surface area contributed by atoms with E-state index in [2.05, 4.69) is 15.9 Å². The standard InChI is InChI=1S/C20H13BrN2O4/c1-10-6-7-11(2)15(8-10)22-19(24)13-5-3-4-12-17(13)14(20(22)25)9-16(18(12)21)23(26)27/h3-9H,1-2H3. The summed E-state index contributed by atoms with van der Waals surface area (Å²) in [6.07, 6.45) is 0. The molecule has 3 aromatic carbocycles. The number of anilines is 1. The predicted molar refractivity (Wildman–Crippen MR) is 105 cm³/mol. The van der Waals surface area contributed by atoms with Crippen LogP contribution in [0.25, 0.3) is 10.8 Å². The predicted octanol–water partition coefficient (Wildman–Crippen LogP) is 4.93. The fraction of sp³-hybridized carbons (Fsp3) is 0.100. The molecule has 0 radical (unpaired) electrons. The molecule has 0 aromatic heterocycles. The number of imide groups is 1. The number of halogens is 1. The third-order valence-corrected chi connectivity index (χ3v) is 5.58. The number of nitro benzene ring substituents is 1. The van der Waals surface area contributed by atoms with Crippen LogP contribution in [-0.4, -0.2) is 16.7 Å². The second-order valence-corrected chi connectivity index (χ2v) is 7.27. The van der Waals surface area contributed by atoms with Crippen LogP contribution in [0.15, 0.2) is 46.9 Å². The van der Waals surface area contributed by atoms with Crippen molar-refractivity contribution in [3.05, 3.63) is 79.3 Å². The van der Waals surface area contributed by atoms with Gasteiger partial charge in [0, 0.05) is 22.4 Å². The van der Waals surface area contributed by atoms with Crippen molar-refractivity contribution < 1.29 is 14.5 Å². The van der Waals surface area contributed by atoms with Crippen molar-refractivity contribution in [3.8, 4) is 0 Å². The molecule has 7 heteroatoms. The van der Waals surface area contributed by atoms with Crippen LogP contribution in [0.1, 0.15) is 31.8 Å². The molecule has 2 amide bonds. The van der Waals surface area contributed by atoms with Gasteiger partial charge in [-0.2, -0.15) is 0 Å². The maximum Gasteiger partial charge on any atom is 0.284 e. The number of carbonyl (C=O) groups is 2. The topological polar surface area (TPSA) is 80.5 Å². The van der Waals surface area contributed by atoms with Gasteiger partial charge in [-0.05, 0) is 53.0 Å². The fourth-order valence-electron chi connectivity index (χ4n) is 3.43. The molecule has 0 fully saturated rings. The minimum Gasteiger partial charge on any atom is -0.268 e. The molecular formula is C20H13BrN2O4. The van der Waals surface area contributed by atoms with Gasteiger partial charge in [0.05, 0.1) is 16.2 Å². The number of carbonyl (C=O) groups excluding carboxylic acids is 2. The van der Waals surface area contributed by atoms with Gasteiger partial charge in [0.2, 0.25) is 0 Å². The molecule has 134 valence electrons. The third-order valence-electron chi connectivity index (χ3n) is 4.75. The molecule has 0 aliphatic carbocycles. The van der Waals surface area contributed by atoms with Gasteiger partial charge in [-0.3, -0.25) is 19.7 Å². The molecule has 0 saturated heterocycles. The molecule has 0 unspecified atom stereocenters. The minimum absolute atomic E-state index is 0.149. The molecule has 27 heavy (non-hydrogen) atoms. The van der Waals surface area contributed by atoms with E-state index in [0.29, 0.717) is 22.0 Å². The van der Waals surface area contributed by atoms with E-state index in [1.807, 2.05) is 26.0 Å². The monoisotopic (exact) mass is 424 g/mol. The summed E-state index contributed by atoms with van der Waals surface area (Å²) < 4.78 is 0.258. The van der Waals surface area contributed by atoms with Gasteiger partial charge >= 0.3 is 0 Å². The van der Waals surface area contributed by atoms with E-state index in [1.165, 1.54) is 6.07 Å². The number of aryl methyl sites for hydroxylation is 2. The van der Waals surface area contributed by atoms with Crippen molar-refractivity contribution in [2.75, 3.05) is 4.90 Å². The van der Waals surface area contributed by atoms with Crippen LogP contribution in [0.4, 0.5) is 11.4 Å². The van der Waals surface area contributed by atoms with Gasteiger partial charge in [0.15, 0.2) is 0 Å². The van der Waals surface area contributed by atoms with Gasteiger partial charge < -0.3 is 0 Å². The number of hydrogen-bond acceptors (Lipinski definition) is 4. The summed E-state index contributed by atoms with van der Waals surface area (Å²) in [5.74, 6) is -0.999. The highest BCUT2D eigenvalue weighted by atomic mass is 79.9. The van der Waals surface area contributed by atoms with Crippen LogP contribution >= 0.6 is 15.9 Å². The normalized spacial score (nSPS) is 13.4. The van der Waals surface area contributed by atoms with Crippen LogP contribution in [0.5, 0.6) is 0 Å². The van der Waals surface area contributed by atoms with Crippen molar-refractivity contribution in [3.63, 3.8) is 0 Å². The van der Waals surface area contributed by atoms with Crippen LogP contribution in [-0.2, 0) is 0 Å². The maximum absolute atomic E-state index is 13.2. The Morgan fingerprint density at radius 3 is 2.41 bits per heavy atom. The smallest absolute Gasteiger partial charge is 0.268 e. The number of rotatable bonds is 2. The summed E-state index contributed by atoms with van der Waals surface area (Å²) in [6, 6.07) is 11.7. The van der Waals surface area contributed by atoms with Gasteiger partial charge in [0.1, 0.15) is 4.47 Å². The lowest BCUT2D eigenvalue weighted by molar-refractivity contribution is -0.385. The van der Waals surface area contributed by atoms with Crippen molar-refractivity contribution in [1.82, 2.24) is 0 Å². The number of nitrogens with zero attached hydrogens (tertiary/aromatic N) is 2. The zero-order valence-corrected chi connectivity index (χ0v) is 16.0. The Labute approximate surface area is 162 Å². The molecular weight excluding hydrogens is 412 g/mol. The second-order valence-electron chi connectivity index (χ2n) is 6.48. The number of benzene rings is 3. The lowest BCUT2D eigenvalue weighted by atomic mass is 9.92. The summed E-state index contributed by atoms with van der Waals surface area (Å²) >= 11 is 3.25. The SMILES string of the molecule is Cc1ccc(C)c(N2C(=O)c3cccc4c(Br)c([N+](=O)[O-])cc(c34)C2=O)c1. The first kappa shape index (κ1) is 17.4. The van der Waals surface area contributed by atoms with Crippen molar-refractivity contribution in [2.24, 2.45) is 0 Å². The molecule has 4 rings (SSSR count). The first-order valence-electron chi connectivity index (χ1n) is 8.17. The summed E-state index contributed by atoms with van der Waals surface area (Å²) in [4.78, 5) is 38.4. The molecule has 1 aliphatic rings. The molecule has 0 saturated carbocycles. The van der Waals surface area contributed by atoms with Crippen LogP contribution in [0.2, 0.25) is 0 Å². The van der Waals surface area contributed by atoms with E-state index in [-0.39, 0.29) is 15.7 Å². The average molecular weight is 425 g/mol. The lowest BCUT2D eigenvalue weighted by Gasteiger charge is -2.28. The molecule has 0 bridgehead atoms. The molecule has 0 spiro atoms. The summed E-state index contributed by atoms with van der Waals surface area (Å²) in [7, 11) is 0. The highest BCUT2D eigenvalue weighted by molar-refractivity contribution is 9.10. The zero-order chi connectivity index (χ0) is 19.5. The third kappa shape index (κ3) is 2.46. The van der Waals surface area contributed by atoms with Crippen LogP contribution in [0, 0.1) is 24.0 Å². The largest absolute Gasteiger partial charge is 0.284 e. The molecule has 6 nitrogen and oxygen atoms in total. The van der Waals surface area contributed by atoms with E-state index >= 15 is 0 Å². The number of nitro groups is 1. The van der Waals surface area contributed by atoms with Crippen LogP contribution < -0.4 is 4.90 Å². The molecule has 1 heterocycles. The first-order valence-corrected chi connectivity index (χ1v) is 8.96. The summed E-state index contributed by atoms with van der Waals surface area (Å²) in [5, 5.41) is 12.3. The Hall–Kier alpha value is -3.06. The minimum atomic E-state index is -0.562. The molecule has 0 N–H and O–H groups in total. The Balaban J connectivity index is 2.06. The highest BCUT2D eigenvalue weighted by Gasteiger charge is 2.37. The zero-order valence-electron chi connectivity index (χ0n) is 14.4. The number of amides is 2. The van der Waals surface area contributed by atoms with E-state index in [9.17, 15) is 19.7 Å². The Morgan fingerprint density at radius 1 is 1.00 bits per heavy atom. The van der Waals surface area contributed by atoms with E-state index in [4.69, 9.17) is 0 Å². The lowest BCUT2D eigenvalue weighted by Crippen LogP contribution is -2.41. The van der Waals surface area contributed by atoms with Gasteiger partial charge in [-0.25, -0.2) is 4.90 Å². The summed E-state index contributed by atoms with van der Waals surface area (Å²) in [5.41, 5.74) is 2.44. The van der Waals surface area contributed by atoms with Crippen molar-refractivity contribution in [1.29, 1.82) is 0 Å². The van der Waals surface area contributed by atoms with Crippen molar-refractivity contribution >= 4 is 49.9 Å². The van der Waals surface area contributed by atoms with Crippen LogP contribution in [0.3, 0.4) is 0 Å². The van der Waals surface area contributed by atoms with Gasteiger partial charge in [0.25, 0.3) is 17.5 Å². The quantitative estimate of drug-likeness (QED) is 0.331. The van der Waals surface area contributed by atoms with Gasteiger partial charge in [-0.1, -0.05) is 24.3 Å². The fourth-order valence-corrected chi connectivity index (χ4v) is 4.02. The van der Waals surface area contributed by atoms with E-state index in [0.717, 1.165) is 16.0 Å². The second kappa shape index (κ2) is 5.99.